The molecule has 5 nitrogen and oxygen atoms in total. The van der Waals surface area contributed by atoms with Crippen molar-refractivity contribution in [1.82, 2.24) is 5.32 Å². The first kappa shape index (κ1) is 18.3. The van der Waals surface area contributed by atoms with Crippen LogP contribution in [0.15, 0.2) is 54.6 Å². The fraction of sp³-hybridized carbons (Fsp3) is 0.200. The third-order valence-electron chi connectivity index (χ3n) is 3.57. The van der Waals surface area contributed by atoms with Gasteiger partial charge in [-0.2, -0.15) is 0 Å². The molecule has 0 aromatic heterocycles. The lowest BCUT2D eigenvalue weighted by atomic mass is 10.1. The SMILES string of the molecule is CCOC(=O)/C=C/c1ccc(NC(=O)NCc2ccccc2C)cc1. The van der Waals surface area contributed by atoms with Crippen LogP contribution >= 0.6 is 0 Å². The fourth-order valence-electron chi connectivity index (χ4n) is 2.19. The molecule has 2 N–H and O–H groups in total. The van der Waals surface area contributed by atoms with Crippen LogP contribution in [0.25, 0.3) is 6.08 Å². The van der Waals surface area contributed by atoms with E-state index in [1.165, 1.54) is 6.08 Å². The summed E-state index contributed by atoms with van der Waals surface area (Å²) in [6.45, 7) is 4.59. The summed E-state index contributed by atoms with van der Waals surface area (Å²) < 4.78 is 4.82. The molecule has 0 aliphatic heterocycles. The second kappa shape index (κ2) is 9.27. The lowest BCUT2D eigenvalue weighted by molar-refractivity contribution is -0.137. The molecule has 2 amide bonds. The minimum atomic E-state index is -0.375. The van der Waals surface area contributed by atoms with Gasteiger partial charge in [0.2, 0.25) is 0 Å². The number of urea groups is 1. The zero-order valence-corrected chi connectivity index (χ0v) is 14.4. The van der Waals surface area contributed by atoms with Crippen molar-refractivity contribution in [3.05, 3.63) is 71.3 Å². The van der Waals surface area contributed by atoms with E-state index in [1.807, 2.05) is 43.3 Å². The molecule has 5 heteroatoms. The molecule has 0 bridgehead atoms. The number of hydrogen-bond acceptors (Lipinski definition) is 3. The number of aryl methyl sites for hydroxylation is 1. The summed E-state index contributed by atoms with van der Waals surface area (Å²) in [5, 5.41) is 5.61. The second-order valence-corrected chi connectivity index (χ2v) is 5.44. The Morgan fingerprint density at radius 3 is 2.48 bits per heavy atom. The molecule has 0 spiro atoms. The van der Waals surface area contributed by atoms with Crippen LogP contribution in [-0.2, 0) is 16.1 Å². The fourth-order valence-corrected chi connectivity index (χ4v) is 2.19. The van der Waals surface area contributed by atoms with Gasteiger partial charge in [0.15, 0.2) is 0 Å². The molecule has 0 saturated heterocycles. The van der Waals surface area contributed by atoms with Crippen LogP contribution in [0.4, 0.5) is 10.5 Å². The van der Waals surface area contributed by atoms with Gasteiger partial charge < -0.3 is 15.4 Å². The molecule has 0 atom stereocenters. The molecule has 2 aromatic rings. The predicted octanol–water partition coefficient (Wildman–Crippen LogP) is 3.89. The smallest absolute Gasteiger partial charge is 0.330 e. The van der Waals surface area contributed by atoms with E-state index in [0.717, 1.165) is 16.7 Å². The van der Waals surface area contributed by atoms with Crippen LogP contribution in [-0.4, -0.2) is 18.6 Å². The number of anilines is 1. The van der Waals surface area contributed by atoms with E-state index in [1.54, 1.807) is 25.1 Å². The van der Waals surface area contributed by atoms with Crippen molar-refractivity contribution in [3.8, 4) is 0 Å². The first-order valence-corrected chi connectivity index (χ1v) is 8.12. The maximum atomic E-state index is 12.0. The Morgan fingerprint density at radius 2 is 1.80 bits per heavy atom. The zero-order chi connectivity index (χ0) is 18.1. The highest BCUT2D eigenvalue weighted by Gasteiger charge is 2.03. The number of amides is 2. The van der Waals surface area contributed by atoms with Crippen molar-refractivity contribution in [3.63, 3.8) is 0 Å². The van der Waals surface area contributed by atoms with Gasteiger partial charge in [0, 0.05) is 18.3 Å². The summed E-state index contributed by atoms with van der Waals surface area (Å²) in [4.78, 5) is 23.2. The summed E-state index contributed by atoms with van der Waals surface area (Å²) in [5.74, 6) is -0.375. The molecule has 0 unspecified atom stereocenters. The van der Waals surface area contributed by atoms with Gasteiger partial charge in [-0.3, -0.25) is 0 Å². The first-order valence-electron chi connectivity index (χ1n) is 8.12. The van der Waals surface area contributed by atoms with Crippen molar-refractivity contribution >= 4 is 23.8 Å². The van der Waals surface area contributed by atoms with Crippen LogP contribution in [0.5, 0.6) is 0 Å². The van der Waals surface area contributed by atoms with Crippen LogP contribution in [0.1, 0.15) is 23.6 Å². The Bertz CT molecular complexity index is 752. The minimum absolute atomic E-state index is 0.266. The number of nitrogens with one attached hydrogen (secondary N) is 2. The summed E-state index contributed by atoms with van der Waals surface area (Å²) in [6.07, 6.45) is 3.04. The summed E-state index contributed by atoms with van der Waals surface area (Å²) in [7, 11) is 0. The van der Waals surface area contributed by atoms with E-state index < -0.39 is 0 Å². The largest absolute Gasteiger partial charge is 0.463 e. The third-order valence-corrected chi connectivity index (χ3v) is 3.57. The van der Waals surface area contributed by atoms with Gasteiger partial charge in [0.1, 0.15) is 0 Å². The number of benzene rings is 2. The molecular formula is C20H22N2O3. The normalized spacial score (nSPS) is 10.5. The highest BCUT2D eigenvalue weighted by atomic mass is 16.5. The molecule has 2 rings (SSSR count). The summed E-state index contributed by atoms with van der Waals surface area (Å²) >= 11 is 0. The topological polar surface area (TPSA) is 67.4 Å². The lowest BCUT2D eigenvalue weighted by Crippen LogP contribution is -2.28. The average Bonchev–Trinajstić information content (AvgIpc) is 2.61. The number of rotatable bonds is 6. The number of esters is 1. The molecule has 0 radical (unpaired) electrons. The maximum absolute atomic E-state index is 12.0. The van der Waals surface area contributed by atoms with Crippen molar-refractivity contribution in [2.45, 2.75) is 20.4 Å². The van der Waals surface area contributed by atoms with Gasteiger partial charge in [0.05, 0.1) is 6.61 Å². The van der Waals surface area contributed by atoms with E-state index in [0.29, 0.717) is 18.8 Å². The Hall–Kier alpha value is -3.08. The zero-order valence-electron chi connectivity index (χ0n) is 14.4. The second-order valence-electron chi connectivity index (χ2n) is 5.44. The molecule has 25 heavy (non-hydrogen) atoms. The monoisotopic (exact) mass is 338 g/mol. The minimum Gasteiger partial charge on any atom is -0.463 e. The van der Waals surface area contributed by atoms with Gasteiger partial charge in [-0.05, 0) is 48.7 Å². The van der Waals surface area contributed by atoms with Gasteiger partial charge in [-0.15, -0.1) is 0 Å². The van der Waals surface area contributed by atoms with Gasteiger partial charge in [-0.25, -0.2) is 9.59 Å². The lowest BCUT2D eigenvalue weighted by Gasteiger charge is -2.09. The summed E-state index contributed by atoms with van der Waals surface area (Å²) in [6, 6.07) is 14.8. The van der Waals surface area contributed by atoms with Gasteiger partial charge in [0.25, 0.3) is 0 Å². The molecule has 0 aliphatic rings. The van der Waals surface area contributed by atoms with Crippen molar-refractivity contribution < 1.29 is 14.3 Å². The Kier molecular flexibility index (Phi) is 6.77. The van der Waals surface area contributed by atoms with Crippen molar-refractivity contribution in [1.29, 1.82) is 0 Å². The van der Waals surface area contributed by atoms with E-state index >= 15 is 0 Å². The molecule has 0 heterocycles. The molecule has 2 aromatic carbocycles. The molecule has 0 saturated carbocycles. The van der Waals surface area contributed by atoms with Crippen LogP contribution in [0.2, 0.25) is 0 Å². The van der Waals surface area contributed by atoms with Crippen molar-refractivity contribution in [2.75, 3.05) is 11.9 Å². The quantitative estimate of drug-likeness (QED) is 0.620. The number of ether oxygens (including phenoxy) is 1. The Labute approximate surface area is 147 Å². The van der Waals surface area contributed by atoms with E-state index in [-0.39, 0.29) is 12.0 Å². The van der Waals surface area contributed by atoms with Crippen LogP contribution < -0.4 is 10.6 Å². The maximum Gasteiger partial charge on any atom is 0.330 e. The van der Waals surface area contributed by atoms with Crippen molar-refractivity contribution in [2.24, 2.45) is 0 Å². The third kappa shape index (κ3) is 6.14. The standard InChI is InChI=1S/C20H22N2O3/c1-3-25-19(23)13-10-16-8-11-18(12-9-16)22-20(24)21-14-17-7-5-4-6-15(17)2/h4-13H,3,14H2,1-2H3,(H2,21,22,24)/b13-10+. The Morgan fingerprint density at radius 1 is 1.08 bits per heavy atom. The van der Waals surface area contributed by atoms with Gasteiger partial charge >= 0.3 is 12.0 Å². The highest BCUT2D eigenvalue weighted by molar-refractivity contribution is 5.90. The number of carbonyl (C=O) groups is 2. The Balaban J connectivity index is 1.85. The van der Waals surface area contributed by atoms with Crippen LogP contribution in [0, 0.1) is 6.92 Å². The highest BCUT2D eigenvalue weighted by Crippen LogP contribution is 2.11. The average molecular weight is 338 g/mol. The molecule has 130 valence electrons. The first-order chi connectivity index (χ1) is 12.1. The number of hydrogen-bond donors (Lipinski definition) is 2. The van der Waals surface area contributed by atoms with E-state index in [4.69, 9.17) is 4.74 Å². The van der Waals surface area contributed by atoms with E-state index in [9.17, 15) is 9.59 Å². The predicted molar refractivity (Wildman–Crippen MR) is 99.1 cm³/mol. The molecule has 0 fully saturated rings. The van der Waals surface area contributed by atoms with E-state index in [2.05, 4.69) is 10.6 Å². The number of carbonyl (C=O) groups excluding carboxylic acids is 2. The summed E-state index contributed by atoms with van der Waals surface area (Å²) in [5.41, 5.74) is 3.74. The molecule has 0 aliphatic carbocycles. The van der Waals surface area contributed by atoms with Crippen LogP contribution in [0.3, 0.4) is 0 Å². The van der Waals surface area contributed by atoms with Gasteiger partial charge in [-0.1, -0.05) is 36.4 Å². The molecular weight excluding hydrogens is 316 g/mol.